The molecule has 14 nitrogen and oxygen atoms in total. The Hall–Kier alpha value is -3.30. The molecule has 1 aliphatic heterocycles. The lowest BCUT2D eigenvalue weighted by molar-refractivity contribution is -0.145. The second kappa shape index (κ2) is 18.1. The van der Waals surface area contributed by atoms with Crippen molar-refractivity contribution in [3.63, 3.8) is 0 Å². The summed E-state index contributed by atoms with van der Waals surface area (Å²) in [5.41, 5.74) is -1.31. The number of thiazole rings is 1. The van der Waals surface area contributed by atoms with Gasteiger partial charge in [-0.25, -0.2) is 9.78 Å². The predicted molar refractivity (Wildman–Crippen MR) is 173 cm³/mol. The number of methoxy groups -OCH3 is 3. The monoisotopic (exact) mass is 668 g/mol. The number of rotatable bonds is 17. The number of nitrogens with one attached hydrogen (secondary N) is 3. The van der Waals surface area contributed by atoms with E-state index in [-0.39, 0.29) is 42.6 Å². The number of hydrogen-bond donors (Lipinski definition) is 3. The Bertz CT molecular complexity index is 1170. The van der Waals surface area contributed by atoms with Crippen LogP contribution < -0.4 is 16.0 Å². The number of likely N-dealkylation sites (tertiary alicyclic amines) is 1. The van der Waals surface area contributed by atoms with Gasteiger partial charge in [-0.3, -0.25) is 19.2 Å². The second-order valence-corrected chi connectivity index (χ2v) is 13.2. The molecule has 0 aliphatic carbocycles. The van der Waals surface area contributed by atoms with Gasteiger partial charge in [0.2, 0.25) is 23.6 Å². The smallest absolute Gasteiger partial charge is 0.407 e. The maximum Gasteiger partial charge on any atom is 0.407 e. The van der Waals surface area contributed by atoms with Crippen molar-refractivity contribution in [1.82, 2.24) is 30.7 Å². The third kappa shape index (κ3) is 10.4. The van der Waals surface area contributed by atoms with Crippen LogP contribution in [0.4, 0.5) is 4.79 Å². The van der Waals surface area contributed by atoms with Crippen LogP contribution in [0.5, 0.6) is 0 Å². The van der Waals surface area contributed by atoms with Gasteiger partial charge in [0.25, 0.3) is 0 Å². The number of ether oxygens (including phenoxy) is 3. The maximum atomic E-state index is 13.8. The minimum absolute atomic E-state index is 0.0170. The van der Waals surface area contributed by atoms with Crippen LogP contribution in [-0.4, -0.2) is 116 Å². The van der Waals surface area contributed by atoms with Crippen LogP contribution in [0.15, 0.2) is 11.6 Å². The average Bonchev–Trinajstić information content (AvgIpc) is 3.74. The van der Waals surface area contributed by atoms with Gasteiger partial charge in [0, 0.05) is 39.4 Å². The Morgan fingerprint density at radius 3 is 2.39 bits per heavy atom. The molecule has 5 amide bonds. The van der Waals surface area contributed by atoms with Gasteiger partial charge in [0.15, 0.2) is 0 Å². The highest BCUT2D eigenvalue weighted by Gasteiger charge is 2.42. The Morgan fingerprint density at radius 1 is 1.13 bits per heavy atom. The molecule has 2 heterocycles. The van der Waals surface area contributed by atoms with E-state index < -0.39 is 41.7 Å². The van der Waals surface area contributed by atoms with Crippen molar-refractivity contribution >= 4 is 41.1 Å². The van der Waals surface area contributed by atoms with E-state index in [9.17, 15) is 24.0 Å². The van der Waals surface area contributed by atoms with Gasteiger partial charge >= 0.3 is 6.09 Å². The van der Waals surface area contributed by atoms with Crippen molar-refractivity contribution < 1.29 is 38.2 Å². The van der Waals surface area contributed by atoms with E-state index in [0.29, 0.717) is 25.9 Å². The predicted octanol–water partition coefficient (Wildman–Crippen LogP) is 1.93. The van der Waals surface area contributed by atoms with Gasteiger partial charge in [-0.15, -0.1) is 11.3 Å². The molecule has 1 fully saturated rings. The van der Waals surface area contributed by atoms with E-state index in [2.05, 4.69) is 25.7 Å². The highest BCUT2D eigenvalue weighted by Crippen LogP contribution is 2.29. The number of carbonyl (C=O) groups excluding carboxylic acids is 5. The van der Waals surface area contributed by atoms with E-state index in [4.69, 9.17) is 9.47 Å². The summed E-state index contributed by atoms with van der Waals surface area (Å²) in [7, 11) is 5.90. The molecule has 15 heteroatoms. The molecule has 0 unspecified atom stereocenters. The Labute approximate surface area is 276 Å². The molecule has 1 saturated heterocycles. The molecule has 260 valence electrons. The van der Waals surface area contributed by atoms with Gasteiger partial charge in [0.05, 0.1) is 56.8 Å². The summed E-state index contributed by atoms with van der Waals surface area (Å²) in [5.74, 6) is -1.81. The Morgan fingerprint density at radius 2 is 1.83 bits per heavy atom. The summed E-state index contributed by atoms with van der Waals surface area (Å²) in [5, 5.41) is 10.6. The first-order valence-corrected chi connectivity index (χ1v) is 16.5. The molecule has 2 rings (SSSR count). The number of alkyl carbamates (subject to hydrolysis) is 1. The summed E-state index contributed by atoms with van der Waals surface area (Å²) in [6, 6.07) is -0.770. The van der Waals surface area contributed by atoms with Crippen molar-refractivity contribution in [2.45, 2.75) is 96.7 Å². The minimum Gasteiger partial charge on any atom is -0.453 e. The van der Waals surface area contributed by atoms with Crippen LogP contribution in [-0.2, 0) is 39.9 Å². The lowest BCUT2D eigenvalue weighted by atomic mass is 9.90. The molecule has 0 bridgehead atoms. The normalized spacial score (nSPS) is 18.1. The van der Waals surface area contributed by atoms with E-state index in [0.717, 1.165) is 11.4 Å². The third-order valence-corrected chi connectivity index (χ3v) is 9.55. The van der Waals surface area contributed by atoms with Gasteiger partial charge in [0.1, 0.15) is 10.5 Å². The number of amides is 5. The second-order valence-electron chi connectivity index (χ2n) is 12.2. The molecule has 0 saturated carbocycles. The first-order chi connectivity index (χ1) is 21.7. The van der Waals surface area contributed by atoms with E-state index >= 15 is 0 Å². The fraction of sp³-hybridized carbons (Fsp3) is 0.742. The van der Waals surface area contributed by atoms with E-state index in [1.807, 2.05) is 19.2 Å². The van der Waals surface area contributed by atoms with Crippen molar-refractivity contribution in [2.75, 3.05) is 41.5 Å². The lowest BCUT2D eigenvalue weighted by Crippen LogP contribution is -2.57. The number of likely N-dealkylation sites (N-methyl/N-ethyl adjacent to an activating group) is 1. The topological polar surface area (TPSA) is 168 Å². The molecular weight excluding hydrogens is 616 g/mol. The summed E-state index contributed by atoms with van der Waals surface area (Å²) in [6.07, 6.45) is 1.97. The van der Waals surface area contributed by atoms with Crippen LogP contribution in [0, 0.1) is 11.8 Å². The first kappa shape index (κ1) is 38.9. The van der Waals surface area contributed by atoms with Crippen LogP contribution in [0.3, 0.4) is 0 Å². The standard InChI is InChI=1S/C31H52N6O8S/c1-10-19(2)26(36(6)25(39)18-34-29(41)31(4,5)35-30(42)45-9)22(43-7)16-24(38)37-14-11-12-21(37)27(44-8)20(3)28(40)33-17-23-32-13-15-46-23/h13,15,19-22,26-27H,10-12,14,16-18H2,1-9H3,(H,33,40)(H,34,41)(H,35,42)/t19-,20+,21-,22+,26-,27+/m0/s1. The highest BCUT2D eigenvalue weighted by molar-refractivity contribution is 7.09. The summed E-state index contributed by atoms with van der Waals surface area (Å²) in [4.78, 5) is 72.0. The Kier molecular flexibility index (Phi) is 15.3. The fourth-order valence-corrected chi connectivity index (χ4v) is 6.41. The molecule has 46 heavy (non-hydrogen) atoms. The van der Waals surface area contributed by atoms with Crippen LogP contribution >= 0.6 is 11.3 Å². The largest absolute Gasteiger partial charge is 0.453 e. The molecule has 3 N–H and O–H groups in total. The minimum atomic E-state index is -1.31. The molecule has 0 radical (unpaired) electrons. The third-order valence-electron chi connectivity index (χ3n) is 8.77. The van der Waals surface area contributed by atoms with Gasteiger partial charge in [-0.2, -0.15) is 0 Å². The number of nitrogens with zero attached hydrogens (tertiary/aromatic N) is 3. The van der Waals surface area contributed by atoms with Crippen LogP contribution in [0.1, 0.15) is 65.3 Å². The molecule has 1 aromatic rings. The van der Waals surface area contributed by atoms with Gasteiger partial charge in [-0.05, 0) is 32.6 Å². The average molecular weight is 669 g/mol. The highest BCUT2D eigenvalue weighted by atomic mass is 32.1. The number of carbonyl (C=O) groups is 5. The summed E-state index contributed by atoms with van der Waals surface area (Å²) >= 11 is 1.46. The van der Waals surface area contributed by atoms with Crippen LogP contribution in [0.25, 0.3) is 0 Å². The zero-order valence-electron chi connectivity index (χ0n) is 28.6. The van der Waals surface area contributed by atoms with Gasteiger partial charge < -0.3 is 40.0 Å². The summed E-state index contributed by atoms with van der Waals surface area (Å²) < 4.78 is 16.2. The van der Waals surface area contributed by atoms with Crippen molar-refractivity contribution in [1.29, 1.82) is 0 Å². The van der Waals surface area contributed by atoms with E-state index in [1.165, 1.54) is 44.3 Å². The van der Waals surface area contributed by atoms with Crippen molar-refractivity contribution in [3.8, 4) is 0 Å². The quantitative estimate of drug-likeness (QED) is 0.225. The van der Waals surface area contributed by atoms with Gasteiger partial charge in [-0.1, -0.05) is 27.2 Å². The molecule has 1 aliphatic rings. The van der Waals surface area contributed by atoms with E-state index in [1.54, 1.807) is 32.2 Å². The number of aromatic nitrogens is 1. The molecule has 6 atom stereocenters. The summed E-state index contributed by atoms with van der Waals surface area (Å²) in [6.45, 7) is 9.31. The molecule has 0 aromatic carbocycles. The van der Waals surface area contributed by atoms with Crippen molar-refractivity contribution in [3.05, 3.63) is 16.6 Å². The molecule has 0 spiro atoms. The van der Waals surface area contributed by atoms with Crippen LogP contribution in [0.2, 0.25) is 0 Å². The first-order valence-electron chi connectivity index (χ1n) is 15.6. The lowest BCUT2D eigenvalue weighted by Gasteiger charge is -2.39. The number of hydrogen-bond acceptors (Lipinski definition) is 10. The Balaban J connectivity index is 2.12. The molecule has 1 aromatic heterocycles. The molecular formula is C31H52N6O8S. The zero-order chi connectivity index (χ0) is 34.6. The SMILES string of the molecule is CC[C@H](C)[C@@H]([C@@H](CC(=O)N1CCC[C@H]1[C@H](OC)[C@@H](C)C(=O)NCc1nccs1)OC)N(C)C(=O)CNC(=O)C(C)(C)NC(=O)OC. The fourth-order valence-electron chi connectivity index (χ4n) is 5.85. The van der Waals surface area contributed by atoms with Crippen molar-refractivity contribution in [2.24, 2.45) is 11.8 Å². The zero-order valence-corrected chi connectivity index (χ0v) is 29.4. The maximum absolute atomic E-state index is 13.8.